The van der Waals surface area contributed by atoms with Gasteiger partial charge in [0.15, 0.2) is 0 Å². The number of anilines is 1. The third-order valence-electron chi connectivity index (χ3n) is 2.05. The molecule has 0 heterocycles. The molecule has 2 nitrogen and oxygen atoms in total. The lowest BCUT2D eigenvalue weighted by Crippen LogP contribution is -2.29. The van der Waals surface area contributed by atoms with Crippen LogP contribution >= 0.6 is 0 Å². The molecular formula is C11H16N2. The number of hydrogen-bond acceptors (Lipinski definition) is 1. The molecule has 0 bridgehead atoms. The van der Waals surface area contributed by atoms with Crippen molar-refractivity contribution in [2.75, 3.05) is 11.9 Å². The fourth-order valence-electron chi connectivity index (χ4n) is 1.18. The van der Waals surface area contributed by atoms with Crippen LogP contribution < -0.4 is 4.90 Å². The van der Waals surface area contributed by atoms with Gasteiger partial charge >= 0.3 is 0 Å². The number of nitrogens with zero attached hydrogens (tertiary/aromatic N) is 1. The van der Waals surface area contributed by atoms with Crippen LogP contribution in [0.15, 0.2) is 30.3 Å². The zero-order valence-corrected chi connectivity index (χ0v) is 8.41. The topological polar surface area (TPSA) is 27.1 Å². The Morgan fingerprint density at radius 3 is 2.23 bits per heavy atom. The second-order valence-electron chi connectivity index (χ2n) is 3.43. The zero-order valence-electron chi connectivity index (χ0n) is 8.41. The highest BCUT2D eigenvalue weighted by Gasteiger charge is 2.09. The Morgan fingerprint density at radius 1 is 1.23 bits per heavy atom. The van der Waals surface area contributed by atoms with E-state index in [9.17, 15) is 0 Å². The van der Waals surface area contributed by atoms with Crippen molar-refractivity contribution in [1.29, 1.82) is 5.41 Å². The first-order chi connectivity index (χ1) is 6.13. The molecule has 0 saturated heterocycles. The quantitative estimate of drug-likeness (QED) is 0.544. The van der Waals surface area contributed by atoms with Crippen LogP contribution in [0, 0.1) is 11.3 Å². The summed E-state index contributed by atoms with van der Waals surface area (Å²) in [5, 5.41) is 7.81. The molecule has 0 aliphatic heterocycles. The molecule has 0 saturated carbocycles. The summed E-state index contributed by atoms with van der Waals surface area (Å²) in [6.07, 6.45) is 0. The van der Waals surface area contributed by atoms with Crippen molar-refractivity contribution in [3.05, 3.63) is 30.3 Å². The molecule has 0 spiro atoms. The highest BCUT2D eigenvalue weighted by molar-refractivity contribution is 5.96. The third kappa shape index (κ3) is 2.31. The average Bonchev–Trinajstić information content (AvgIpc) is 2.17. The molecule has 0 aliphatic carbocycles. The molecule has 13 heavy (non-hydrogen) atoms. The van der Waals surface area contributed by atoms with Crippen LogP contribution in [0.1, 0.15) is 13.8 Å². The third-order valence-corrected chi connectivity index (χ3v) is 2.05. The summed E-state index contributed by atoms with van der Waals surface area (Å²) in [6.45, 7) is 4.06. The van der Waals surface area contributed by atoms with Gasteiger partial charge in [-0.3, -0.25) is 5.41 Å². The maximum atomic E-state index is 7.81. The standard InChI is InChI=1S/C11H16N2/c1-9(2)11(12)13(3)10-7-5-4-6-8-10/h4-9,12H,1-3H3. The smallest absolute Gasteiger partial charge is 0.103 e. The second-order valence-corrected chi connectivity index (χ2v) is 3.43. The van der Waals surface area contributed by atoms with E-state index in [1.54, 1.807) is 0 Å². The minimum absolute atomic E-state index is 0.269. The fourth-order valence-corrected chi connectivity index (χ4v) is 1.18. The molecule has 0 aliphatic rings. The van der Waals surface area contributed by atoms with Crippen LogP contribution in [0.25, 0.3) is 0 Å². The molecule has 0 radical (unpaired) electrons. The van der Waals surface area contributed by atoms with Gasteiger partial charge in [0, 0.05) is 18.7 Å². The van der Waals surface area contributed by atoms with E-state index in [1.165, 1.54) is 0 Å². The Hall–Kier alpha value is -1.31. The molecule has 0 atom stereocenters. The normalized spacial score (nSPS) is 10.2. The van der Waals surface area contributed by atoms with E-state index in [0.29, 0.717) is 5.84 Å². The predicted octanol–water partition coefficient (Wildman–Crippen LogP) is 2.76. The molecule has 2 heteroatoms. The van der Waals surface area contributed by atoms with Crippen LogP contribution in [-0.4, -0.2) is 12.9 Å². The van der Waals surface area contributed by atoms with Gasteiger partial charge in [-0.2, -0.15) is 0 Å². The first-order valence-electron chi connectivity index (χ1n) is 4.50. The number of para-hydroxylation sites is 1. The zero-order chi connectivity index (χ0) is 9.84. The van der Waals surface area contributed by atoms with E-state index in [2.05, 4.69) is 0 Å². The number of hydrogen-bond donors (Lipinski definition) is 1. The van der Waals surface area contributed by atoms with E-state index in [0.717, 1.165) is 5.69 Å². The number of nitrogens with one attached hydrogen (secondary N) is 1. The SMILES string of the molecule is CC(C)C(=N)N(C)c1ccccc1. The van der Waals surface area contributed by atoms with Gasteiger partial charge in [0.2, 0.25) is 0 Å². The molecule has 70 valence electrons. The van der Waals surface area contributed by atoms with Crippen molar-refractivity contribution in [3.63, 3.8) is 0 Å². The van der Waals surface area contributed by atoms with E-state index in [-0.39, 0.29) is 5.92 Å². The van der Waals surface area contributed by atoms with Gasteiger partial charge in [0.05, 0.1) is 0 Å². The van der Waals surface area contributed by atoms with Crippen LogP contribution in [0.2, 0.25) is 0 Å². The van der Waals surface area contributed by atoms with E-state index in [1.807, 2.05) is 56.1 Å². The van der Waals surface area contributed by atoms with Crippen molar-refractivity contribution in [2.45, 2.75) is 13.8 Å². The van der Waals surface area contributed by atoms with Crippen LogP contribution in [0.5, 0.6) is 0 Å². The van der Waals surface area contributed by atoms with Gasteiger partial charge in [-0.15, -0.1) is 0 Å². The van der Waals surface area contributed by atoms with Gasteiger partial charge in [0.1, 0.15) is 5.84 Å². The lowest BCUT2D eigenvalue weighted by Gasteiger charge is -2.22. The Labute approximate surface area is 79.7 Å². The molecule has 0 fully saturated rings. The van der Waals surface area contributed by atoms with Gasteiger partial charge in [-0.25, -0.2) is 0 Å². The number of benzene rings is 1. The predicted molar refractivity (Wildman–Crippen MR) is 57.4 cm³/mol. The molecule has 0 aromatic heterocycles. The van der Waals surface area contributed by atoms with Crippen molar-refractivity contribution < 1.29 is 0 Å². The highest BCUT2D eigenvalue weighted by atomic mass is 15.1. The Balaban J connectivity index is 2.80. The van der Waals surface area contributed by atoms with Gasteiger partial charge in [-0.1, -0.05) is 32.0 Å². The summed E-state index contributed by atoms with van der Waals surface area (Å²) in [5.74, 6) is 0.913. The lowest BCUT2D eigenvalue weighted by molar-refractivity contribution is 0.850. The maximum absolute atomic E-state index is 7.81. The van der Waals surface area contributed by atoms with Crippen LogP contribution in [0.3, 0.4) is 0 Å². The molecule has 0 unspecified atom stereocenters. The van der Waals surface area contributed by atoms with Crippen molar-refractivity contribution in [2.24, 2.45) is 5.92 Å². The summed E-state index contributed by atoms with van der Waals surface area (Å²) >= 11 is 0. The van der Waals surface area contributed by atoms with E-state index in [4.69, 9.17) is 5.41 Å². The number of rotatable bonds is 2. The Bertz CT molecular complexity index is 277. The summed E-state index contributed by atoms with van der Waals surface area (Å²) in [7, 11) is 1.93. The van der Waals surface area contributed by atoms with Crippen molar-refractivity contribution in [1.82, 2.24) is 0 Å². The maximum Gasteiger partial charge on any atom is 0.103 e. The lowest BCUT2D eigenvalue weighted by atomic mass is 10.1. The fraction of sp³-hybridized carbons (Fsp3) is 0.364. The van der Waals surface area contributed by atoms with Gasteiger partial charge in [0.25, 0.3) is 0 Å². The van der Waals surface area contributed by atoms with Crippen LogP contribution in [-0.2, 0) is 0 Å². The average molecular weight is 176 g/mol. The molecular weight excluding hydrogens is 160 g/mol. The van der Waals surface area contributed by atoms with Crippen LogP contribution in [0.4, 0.5) is 5.69 Å². The molecule has 0 amide bonds. The van der Waals surface area contributed by atoms with E-state index >= 15 is 0 Å². The van der Waals surface area contributed by atoms with Gasteiger partial charge < -0.3 is 4.90 Å². The second kappa shape index (κ2) is 4.08. The summed E-state index contributed by atoms with van der Waals surface area (Å²) in [5.41, 5.74) is 1.07. The Kier molecular flexibility index (Phi) is 3.07. The largest absolute Gasteiger partial charge is 0.333 e. The minimum atomic E-state index is 0.269. The molecule has 1 N–H and O–H groups in total. The van der Waals surface area contributed by atoms with Crippen molar-refractivity contribution in [3.8, 4) is 0 Å². The Morgan fingerprint density at radius 2 is 1.77 bits per heavy atom. The monoisotopic (exact) mass is 176 g/mol. The van der Waals surface area contributed by atoms with E-state index < -0.39 is 0 Å². The molecule has 1 aromatic carbocycles. The molecule has 1 rings (SSSR count). The number of amidine groups is 1. The summed E-state index contributed by atoms with van der Waals surface area (Å²) < 4.78 is 0. The molecule has 1 aromatic rings. The van der Waals surface area contributed by atoms with Gasteiger partial charge in [-0.05, 0) is 12.1 Å². The highest BCUT2D eigenvalue weighted by Crippen LogP contribution is 2.13. The first kappa shape index (κ1) is 9.78. The minimum Gasteiger partial charge on any atom is -0.333 e. The summed E-state index contributed by atoms with van der Waals surface area (Å²) in [6, 6.07) is 9.98. The van der Waals surface area contributed by atoms with Crippen molar-refractivity contribution >= 4 is 11.5 Å². The first-order valence-corrected chi connectivity index (χ1v) is 4.50. The summed E-state index contributed by atoms with van der Waals surface area (Å²) in [4.78, 5) is 1.91.